The molecule has 0 aromatic rings. The lowest BCUT2D eigenvalue weighted by atomic mass is 9.57. The van der Waals surface area contributed by atoms with Gasteiger partial charge in [0.2, 0.25) is 0 Å². The number of esters is 2. The van der Waals surface area contributed by atoms with E-state index in [0.717, 1.165) is 18.4 Å². The summed E-state index contributed by atoms with van der Waals surface area (Å²) >= 11 is 0. The number of hydrogen-bond donors (Lipinski definition) is 1. The number of ether oxygens (including phenoxy) is 3. The second-order valence-electron chi connectivity index (χ2n) is 11.0. The molecule has 2 saturated heterocycles. The predicted molar refractivity (Wildman–Crippen MR) is 122 cm³/mol. The summed E-state index contributed by atoms with van der Waals surface area (Å²) in [7, 11) is 0. The van der Waals surface area contributed by atoms with Crippen LogP contribution in [0, 0.1) is 23.7 Å². The molecule has 6 heteroatoms. The monoisotopic (exact) mass is 450 g/mol. The molecular formula is C26H42O6. The van der Waals surface area contributed by atoms with Gasteiger partial charge in [0.05, 0.1) is 12.2 Å². The lowest BCUT2D eigenvalue weighted by Crippen LogP contribution is -2.56. The van der Waals surface area contributed by atoms with E-state index in [2.05, 4.69) is 20.4 Å². The van der Waals surface area contributed by atoms with Gasteiger partial charge < -0.3 is 19.3 Å². The minimum absolute atomic E-state index is 0.0520. The van der Waals surface area contributed by atoms with Crippen LogP contribution in [0.5, 0.6) is 0 Å². The second-order valence-corrected chi connectivity index (χ2v) is 11.0. The third-order valence-corrected chi connectivity index (χ3v) is 8.14. The van der Waals surface area contributed by atoms with Gasteiger partial charge in [-0.2, -0.15) is 0 Å². The molecule has 32 heavy (non-hydrogen) atoms. The normalized spacial score (nSPS) is 41.9. The van der Waals surface area contributed by atoms with Gasteiger partial charge in [0.15, 0.2) is 0 Å². The van der Waals surface area contributed by atoms with Crippen LogP contribution in [0.15, 0.2) is 12.2 Å². The highest BCUT2D eigenvalue weighted by atomic mass is 16.6. The molecule has 0 radical (unpaired) electrons. The first-order valence-electron chi connectivity index (χ1n) is 12.3. The topological polar surface area (TPSA) is 82.1 Å². The maximum atomic E-state index is 12.6. The summed E-state index contributed by atoms with van der Waals surface area (Å²) in [6.07, 6.45) is 3.01. The number of aliphatic hydroxyl groups excluding tert-OH is 1. The van der Waals surface area contributed by atoms with Gasteiger partial charge in [-0.25, -0.2) is 0 Å². The van der Waals surface area contributed by atoms with Crippen LogP contribution in [0.2, 0.25) is 0 Å². The summed E-state index contributed by atoms with van der Waals surface area (Å²) < 4.78 is 18.9. The van der Waals surface area contributed by atoms with Crippen LogP contribution in [0.4, 0.5) is 0 Å². The molecule has 2 aliphatic heterocycles. The van der Waals surface area contributed by atoms with Gasteiger partial charge in [0.1, 0.15) is 17.3 Å². The number of rotatable bonds is 5. The Morgan fingerprint density at radius 3 is 2.44 bits per heavy atom. The highest BCUT2D eigenvalue weighted by Crippen LogP contribution is 2.58. The van der Waals surface area contributed by atoms with Crippen molar-refractivity contribution in [2.75, 3.05) is 0 Å². The summed E-state index contributed by atoms with van der Waals surface area (Å²) in [5.41, 5.74) is -0.799. The van der Waals surface area contributed by atoms with Crippen LogP contribution in [0.3, 0.4) is 0 Å². The van der Waals surface area contributed by atoms with E-state index in [-0.39, 0.29) is 36.0 Å². The summed E-state index contributed by atoms with van der Waals surface area (Å²) in [6, 6.07) is 0. The summed E-state index contributed by atoms with van der Waals surface area (Å²) in [6.45, 7) is 16.0. The zero-order valence-electron chi connectivity index (χ0n) is 20.7. The van der Waals surface area contributed by atoms with E-state index in [4.69, 9.17) is 14.2 Å². The Morgan fingerprint density at radius 2 is 1.84 bits per heavy atom. The van der Waals surface area contributed by atoms with Crippen LogP contribution >= 0.6 is 0 Å². The van der Waals surface area contributed by atoms with Crippen LogP contribution < -0.4 is 0 Å². The quantitative estimate of drug-likeness (QED) is 0.488. The lowest BCUT2D eigenvalue weighted by molar-refractivity contribution is -0.183. The Hall–Kier alpha value is -1.40. The van der Waals surface area contributed by atoms with Crippen molar-refractivity contribution in [2.24, 2.45) is 23.7 Å². The molecule has 8 atom stereocenters. The maximum absolute atomic E-state index is 12.6. The van der Waals surface area contributed by atoms with E-state index < -0.39 is 17.3 Å². The third kappa shape index (κ3) is 4.77. The molecule has 1 aliphatic carbocycles. The van der Waals surface area contributed by atoms with Crippen molar-refractivity contribution >= 4 is 11.9 Å². The van der Waals surface area contributed by atoms with E-state index in [1.165, 1.54) is 6.92 Å². The second kappa shape index (κ2) is 9.46. The molecule has 8 unspecified atom stereocenters. The molecule has 0 amide bonds. The van der Waals surface area contributed by atoms with E-state index in [1.807, 2.05) is 20.8 Å². The summed E-state index contributed by atoms with van der Waals surface area (Å²) in [5, 5.41) is 10.7. The van der Waals surface area contributed by atoms with E-state index >= 15 is 0 Å². The summed E-state index contributed by atoms with van der Waals surface area (Å²) in [4.78, 5) is 24.7. The molecule has 3 aliphatic rings. The molecule has 1 saturated carbocycles. The Morgan fingerprint density at radius 1 is 1.19 bits per heavy atom. The molecule has 1 N–H and O–H groups in total. The number of fused-ring (bicyclic) bond motifs is 5. The molecule has 0 aromatic heterocycles. The van der Waals surface area contributed by atoms with Gasteiger partial charge in [-0.05, 0) is 69.8 Å². The van der Waals surface area contributed by atoms with Gasteiger partial charge in [-0.15, -0.1) is 0 Å². The molecule has 0 spiro atoms. The lowest BCUT2D eigenvalue weighted by Gasteiger charge is -2.50. The van der Waals surface area contributed by atoms with Crippen molar-refractivity contribution in [2.45, 2.75) is 116 Å². The summed E-state index contributed by atoms with van der Waals surface area (Å²) in [5.74, 6) is 0.289. The molecule has 182 valence electrons. The number of carbonyl (C=O) groups excluding carboxylic acids is 2. The highest BCUT2D eigenvalue weighted by molar-refractivity contribution is 5.70. The van der Waals surface area contributed by atoms with Crippen LogP contribution in [-0.2, 0) is 23.8 Å². The molecule has 3 fully saturated rings. The Bertz CT molecular complexity index is 732. The molecule has 0 aromatic carbocycles. The van der Waals surface area contributed by atoms with E-state index in [1.54, 1.807) is 0 Å². The van der Waals surface area contributed by atoms with E-state index in [9.17, 15) is 14.7 Å². The average molecular weight is 451 g/mol. The fourth-order valence-electron chi connectivity index (χ4n) is 6.64. The standard InChI is InChI=1S/C26H42O6/c1-8-9-21(29)32-26(7)13-11-19(28)16(4)14-20-23-22(24(26)30-20)18(15(2)3)10-12-25(23,6)31-17(5)27/h15,18-20,22-24,28H,4,8-14H2,1-3,5-7H3. The minimum Gasteiger partial charge on any atom is -0.459 e. The van der Waals surface area contributed by atoms with Crippen LogP contribution in [-0.4, -0.2) is 46.6 Å². The number of carbonyl (C=O) groups is 2. The van der Waals surface area contributed by atoms with E-state index in [0.29, 0.717) is 43.9 Å². The predicted octanol–water partition coefficient (Wildman–Crippen LogP) is 4.58. The van der Waals surface area contributed by atoms with Gasteiger partial charge in [0, 0.05) is 25.2 Å². The van der Waals surface area contributed by atoms with Crippen molar-refractivity contribution < 1.29 is 28.9 Å². The van der Waals surface area contributed by atoms with Crippen LogP contribution in [0.25, 0.3) is 0 Å². The van der Waals surface area contributed by atoms with Gasteiger partial charge in [-0.3, -0.25) is 9.59 Å². The largest absolute Gasteiger partial charge is 0.459 e. The first-order chi connectivity index (χ1) is 14.9. The SMILES string of the molecule is C=C1CC2OC(C3C(C(C)C)CCC(C)(OC(C)=O)C23)C(C)(OC(=O)CCC)CCC1O. The molecule has 2 heterocycles. The maximum Gasteiger partial charge on any atom is 0.306 e. The third-order valence-electron chi connectivity index (χ3n) is 8.14. The van der Waals surface area contributed by atoms with Gasteiger partial charge in [-0.1, -0.05) is 27.4 Å². The molecule has 3 rings (SSSR count). The zero-order chi connectivity index (χ0) is 23.8. The van der Waals surface area contributed by atoms with Crippen molar-refractivity contribution in [1.29, 1.82) is 0 Å². The van der Waals surface area contributed by atoms with Crippen molar-refractivity contribution in [1.82, 2.24) is 0 Å². The fraction of sp³-hybridized carbons (Fsp3) is 0.846. The Balaban J connectivity index is 2.10. The average Bonchev–Trinajstić information content (AvgIpc) is 3.07. The first-order valence-corrected chi connectivity index (χ1v) is 12.3. The fourth-order valence-corrected chi connectivity index (χ4v) is 6.64. The Kier molecular flexibility index (Phi) is 7.45. The minimum atomic E-state index is -0.864. The molecule has 2 bridgehead atoms. The van der Waals surface area contributed by atoms with Crippen molar-refractivity contribution in [3.05, 3.63) is 12.2 Å². The molecular weight excluding hydrogens is 408 g/mol. The van der Waals surface area contributed by atoms with Crippen LogP contribution in [0.1, 0.15) is 86.5 Å². The van der Waals surface area contributed by atoms with Crippen molar-refractivity contribution in [3.63, 3.8) is 0 Å². The smallest absolute Gasteiger partial charge is 0.306 e. The van der Waals surface area contributed by atoms with Crippen molar-refractivity contribution in [3.8, 4) is 0 Å². The zero-order valence-corrected chi connectivity index (χ0v) is 20.7. The Labute approximate surface area is 193 Å². The molecule has 6 nitrogen and oxygen atoms in total. The first kappa shape index (κ1) is 25.2. The van der Waals surface area contributed by atoms with Gasteiger partial charge >= 0.3 is 11.9 Å². The number of hydrogen-bond acceptors (Lipinski definition) is 6. The van der Waals surface area contributed by atoms with Gasteiger partial charge in [0.25, 0.3) is 0 Å². The highest BCUT2D eigenvalue weighted by Gasteiger charge is 2.64. The number of aliphatic hydroxyl groups is 1.